The Morgan fingerprint density at radius 2 is 2.16 bits per heavy atom. The number of aliphatic hydroxyl groups excluding tert-OH is 1. The SMILES string of the molecule is Cc1cccc(OC[C@@H](O)CN2CCN(C(=O)[C@H]3CCCO3)CC2)c1. The molecule has 0 aliphatic carbocycles. The highest BCUT2D eigenvalue weighted by Gasteiger charge is 2.30. The lowest BCUT2D eigenvalue weighted by Crippen LogP contribution is -2.53. The van der Waals surface area contributed by atoms with Gasteiger partial charge < -0.3 is 19.5 Å². The van der Waals surface area contributed by atoms with Crippen LogP contribution in [0, 0.1) is 6.92 Å². The third-order valence-electron chi connectivity index (χ3n) is 4.79. The van der Waals surface area contributed by atoms with E-state index in [1.165, 1.54) is 0 Å². The molecule has 2 aliphatic rings. The fraction of sp³-hybridized carbons (Fsp3) is 0.632. The highest BCUT2D eigenvalue weighted by Crippen LogP contribution is 2.16. The molecule has 1 amide bonds. The van der Waals surface area contributed by atoms with Crippen molar-refractivity contribution in [2.24, 2.45) is 0 Å². The van der Waals surface area contributed by atoms with Gasteiger partial charge in [-0.2, -0.15) is 0 Å². The van der Waals surface area contributed by atoms with Crippen molar-refractivity contribution in [2.45, 2.75) is 32.0 Å². The van der Waals surface area contributed by atoms with E-state index < -0.39 is 6.10 Å². The second-order valence-corrected chi connectivity index (χ2v) is 6.91. The summed E-state index contributed by atoms with van der Waals surface area (Å²) in [6.45, 7) is 6.50. The molecule has 0 aromatic heterocycles. The van der Waals surface area contributed by atoms with Crippen LogP contribution in [0.4, 0.5) is 0 Å². The fourth-order valence-electron chi connectivity index (χ4n) is 3.38. The average molecular weight is 348 g/mol. The summed E-state index contributed by atoms with van der Waals surface area (Å²) in [5.41, 5.74) is 1.14. The van der Waals surface area contributed by atoms with Crippen molar-refractivity contribution in [3.8, 4) is 5.75 Å². The molecule has 2 aliphatic heterocycles. The summed E-state index contributed by atoms with van der Waals surface area (Å²) in [5, 5.41) is 10.2. The average Bonchev–Trinajstić information content (AvgIpc) is 3.15. The smallest absolute Gasteiger partial charge is 0.251 e. The minimum absolute atomic E-state index is 0.125. The van der Waals surface area contributed by atoms with Gasteiger partial charge in [0.1, 0.15) is 24.6 Å². The summed E-state index contributed by atoms with van der Waals surface area (Å²) in [5.74, 6) is 0.909. The van der Waals surface area contributed by atoms with E-state index in [0.29, 0.717) is 26.2 Å². The van der Waals surface area contributed by atoms with Crippen LogP contribution >= 0.6 is 0 Å². The predicted molar refractivity (Wildman–Crippen MR) is 94.7 cm³/mol. The molecule has 3 rings (SSSR count). The number of carbonyl (C=O) groups excluding carboxylic acids is 1. The Morgan fingerprint density at radius 3 is 2.84 bits per heavy atom. The molecular formula is C19H28N2O4. The van der Waals surface area contributed by atoms with Crippen LogP contribution in [0.25, 0.3) is 0 Å². The molecule has 6 heteroatoms. The maximum atomic E-state index is 12.3. The van der Waals surface area contributed by atoms with Crippen LogP contribution in [-0.4, -0.2) is 79.0 Å². The van der Waals surface area contributed by atoms with Crippen molar-refractivity contribution >= 4 is 5.91 Å². The number of nitrogens with zero attached hydrogens (tertiary/aromatic N) is 2. The number of hydrogen-bond acceptors (Lipinski definition) is 5. The van der Waals surface area contributed by atoms with E-state index in [2.05, 4.69) is 4.90 Å². The van der Waals surface area contributed by atoms with Crippen LogP contribution in [0.2, 0.25) is 0 Å². The van der Waals surface area contributed by atoms with Gasteiger partial charge in [-0.3, -0.25) is 9.69 Å². The van der Waals surface area contributed by atoms with Crippen molar-refractivity contribution in [1.82, 2.24) is 9.80 Å². The number of piperazine rings is 1. The molecule has 2 heterocycles. The van der Waals surface area contributed by atoms with E-state index in [1.54, 1.807) is 0 Å². The number of hydrogen-bond donors (Lipinski definition) is 1. The minimum atomic E-state index is -0.541. The molecular weight excluding hydrogens is 320 g/mol. The van der Waals surface area contributed by atoms with Gasteiger partial charge in [-0.1, -0.05) is 12.1 Å². The van der Waals surface area contributed by atoms with Crippen molar-refractivity contribution < 1.29 is 19.4 Å². The Bertz CT molecular complexity index is 566. The summed E-state index contributed by atoms with van der Waals surface area (Å²) in [6, 6.07) is 7.82. The summed E-state index contributed by atoms with van der Waals surface area (Å²) in [4.78, 5) is 16.4. The maximum absolute atomic E-state index is 12.3. The number of aryl methyl sites for hydroxylation is 1. The zero-order valence-corrected chi connectivity index (χ0v) is 14.9. The number of amides is 1. The first-order valence-electron chi connectivity index (χ1n) is 9.12. The molecule has 2 fully saturated rings. The summed E-state index contributed by atoms with van der Waals surface area (Å²) >= 11 is 0. The van der Waals surface area contributed by atoms with Gasteiger partial charge in [0.05, 0.1) is 0 Å². The molecule has 0 saturated carbocycles. The van der Waals surface area contributed by atoms with E-state index in [0.717, 1.165) is 37.2 Å². The molecule has 0 radical (unpaired) electrons. The van der Waals surface area contributed by atoms with E-state index in [-0.39, 0.29) is 18.6 Å². The second kappa shape index (κ2) is 8.65. The molecule has 0 bridgehead atoms. The van der Waals surface area contributed by atoms with Gasteiger partial charge in [-0.05, 0) is 37.5 Å². The van der Waals surface area contributed by atoms with Crippen molar-refractivity contribution in [2.75, 3.05) is 45.9 Å². The molecule has 0 unspecified atom stereocenters. The lowest BCUT2D eigenvalue weighted by molar-refractivity contribution is -0.142. The third kappa shape index (κ3) is 5.17. The van der Waals surface area contributed by atoms with Crippen molar-refractivity contribution in [3.63, 3.8) is 0 Å². The van der Waals surface area contributed by atoms with Crippen LogP contribution in [-0.2, 0) is 9.53 Å². The molecule has 6 nitrogen and oxygen atoms in total. The van der Waals surface area contributed by atoms with E-state index in [4.69, 9.17) is 9.47 Å². The Balaban J connectivity index is 1.37. The summed E-state index contributed by atoms with van der Waals surface area (Å²) < 4.78 is 11.1. The lowest BCUT2D eigenvalue weighted by Gasteiger charge is -2.36. The van der Waals surface area contributed by atoms with Gasteiger partial charge in [0.15, 0.2) is 0 Å². The number of carbonyl (C=O) groups is 1. The van der Waals surface area contributed by atoms with Crippen molar-refractivity contribution in [3.05, 3.63) is 29.8 Å². The lowest BCUT2D eigenvalue weighted by atomic mass is 10.2. The van der Waals surface area contributed by atoms with Crippen molar-refractivity contribution in [1.29, 1.82) is 0 Å². The standard InChI is InChI=1S/C19H28N2O4/c1-15-4-2-5-17(12-15)25-14-16(22)13-20-7-9-21(10-8-20)19(23)18-6-3-11-24-18/h2,4-5,12,16,18,22H,3,6-11,13-14H2,1H3/t16-,18+/m0/s1. The zero-order chi connectivity index (χ0) is 17.6. The van der Waals surface area contributed by atoms with Crippen LogP contribution in [0.3, 0.4) is 0 Å². The molecule has 25 heavy (non-hydrogen) atoms. The largest absolute Gasteiger partial charge is 0.491 e. The quantitative estimate of drug-likeness (QED) is 0.833. The molecule has 1 N–H and O–H groups in total. The molecule has 1 aromatic carbocycles. The first kappa shape index (κ1) is 18.2. The topological polar surface area (TPSA) is 62.2 Å². The number of β-amino-alcohol motifs (C(OH)–C–C–N with tert-alkyl or cyclic N) is 1. The monoisotopic (exact) mass is 348 g/mol. The summed E-state index contributed by atoms with van der Waals surface area (Å²) in [6.07, 6.45) is 1.04. The number of ether oxygens (including phenoxy) is 2. The van der Waals surface area contributed by atoms with Gasteiger partial charge in [0.2, 0.25) is 0 Å². The number of aliphatic hydroxyl groups is 1. The van der Waals surface area contributed by atoms with Crippen LogP contribution in [0.15, 0.2) is 24.3 Å². The zero-order valence-electron chi connectivity index (χ0n) is 14.9. The van der Waals surface area contributed by atoms with Crippen LogP contribution < -0.4 is 4.74 Å². The van der Waals surface area contributed by atoms with E-state index in [9.17, 15) is 9.90 Å². The van der Waals surface area contributed by atoms with Crippen LogP contribution in [0.5, 0.6) is 5.75 Å². The fourth-order valence-corrected chi connectivity index (χ4v) is 3.38. The highest BCUT2D eigenvalue weighted by atomic mass is 16.5. The normalized spacial score (nSPS) is 22.8. The summed E-state index contributed by atoms with van der Waals surface area (Å²) in [7, 11) is 0. The highest BCUT2D eigenvalue weighted by molar-refractivity contribution is 5.81. The van der Waals surface area contributed by atoms with E-state index >= 15 is 0 Å². The Hall–Kier alpha value is -1.63. The second-order valence-electron chi connectivity index (χ2n) is 6.91. The molecule has 1 aromatic rings. The first-order valence-corrected chi connectivity index (χ1v) is 9.12. The maximum Gasteiger partial charge on any atom is 0.251 e. The van der Waals surface area contributed by atoms with Gasteiger partial charge >= 0.3 is 0 Å². The molecule has 2 atom stereocenters. The van der Waals surface area contributed by atoms with Gasteiger partial charge in [-0.15, -0.1) is 0 Å². The Labute approximate surface area is 149 Å². The molecule has 138 valence electrons. The number of rotatable bonds is 6. The molecule has 0 spiro atoms. The minimum Gasteiger partial charge on any atom is -0.491 e. The van der Waals surface area contributed by atoms with Gasteiger partial charge in [0, 0.05) is 39.3 Å². The third-order valence-corrected chi connectivity index (χ3v) is 4.79. The first-order chi connectivity index (χ1) is 12.1. The Kier molecular flexibility index (Phi) is 6.29. The van der Waals surface area contributed by atoms with Gasteiger partial charge in [-0.25, -0.2) is 0 Å². The van der Waals surface area contributed by atoms with E-state index in [1.807, 2.05) is 36.1 Å². The van der Waals surface area contributed by atoms with Gasteiger partial charge in [0.25, 0.3) is 5.91 Å². The Morgan fingerprint density at radius 1 is 1.36 bits per heavy atom. The van der Waals surface area contributed by atoms with Crippen LogP contribution in [0.1, 0.15) is 18.4 Å². The predicted octanol–water partition coefficient (Wildman–Crippen LogP) is 1.06. The molecule has 2 saturated heterocycles. The number of benzene rings is 1.